The summed E-state index contributed by atoms with van der Waals surface area (Å²) in [5.74, 6) is 0.775. The first-order chi connectivity index (χ1) is 10.2. The zero-order valence-corrected chi connectivity index (χ0v) is 12.7. The predicted molar refractivity (Wildman–Crippen MR) is 87.6 cm³/mol. The first kappa shape index (κ1) is 14.1. The number of aliphatic hydroxyl groups excluding tert-OH is 1. The average Bonchev–Trinajstić information content (AvgIpc) is 3.13. The molecule has 2 aromatic heterocycles. The minimum absolute atomic E-state index is 0.0678. The van der Waals surface area contributed by atoms with Gasteiger partial charge in [0, 0.05) is 9.58 Å². The van der Waals surface area contributed by atoms with Crippen LogP contribution < -0.4 is 10.5 Å². The molecule has 4 nitrogen and oxygen atoms in total. The molecule has 0 aliphatic heterocycles. The number of hydrogen-bond donors (Lipinski definition) is 3. The number of rotatable bonds is 5. The fourth-order valence-electron chi connectivity index (χ4n) is 2.04. The zero-order chi connectivity index (χ0) is 14.8. The number of hydrogen-bond acceptors (Lipinski definition) is 5. The smallest absolute Gasteiger partial charge is 0.156 e. The van der Waals surface area contributed by atoms with Crippen LogP contribution in [0.15, 0.2) is 41.8 Å². The highest BCUT2D eigenvalue weighted by Gasteiger charge is 2.14. The summed E-state index contributed by atoms with van der Waals surface area (Å²) in [7, 11) is 0. The monoisotopic (exact) mass is 318 g/mol. The van der Waals surface area contributed by atoms with Crippen LogP contribution in [0.4, 0.5) is 0 Å². The highest BCUT2D eigenvalue weighted by Crippen LogP contribution is 2.31. The van der Waals surface area contributed by atoms with Gasteiger partial charge in [-0.15, -0.1) is 22.7 Å². The number of nitrogens with two attached hydrogens (primary N) is 1. The molecule has 1 atom stereocenters. The van der Waals surface area contributed by atoms with Crippen molar-refractivity contribution in [3.05, 3.63) is 51.5 Å². The fourth-order valence-corrected chi connectivity index (χ4v) is 3.74. The molecule has 0 fully saturated rings. The molecule has 108 valence electrons. The summed E-state index contributed by atoms with van der Waals surface area (Å²) in [6, 6.07) is 11.5. The Bertz CT molecular complexity index is 765. The molecule has 3 aromatic rings. The predicted octanol–water partition coefficient (Wildman–Crippen LogP) is 3.36. The number of fused-ring (bicyclic) bond motifs is 1. The lowest BCUT2D eigenvalue weighted by Crippen LogP contribution is -2.10. The molecule has 0 saturated carbocycles. The average molecular weight is 318 g/mol. The Hall–Kier alpha value is -1.89. The summed E-state index contributed by atoms with van der Waals surface area (Å²) in [5, 5.41) is 20.0. The molecule has 0 amide bonds. The van der Waals surface area contributed by atoms with Crippen LogP contribution in [0.5, 0.6) is 5.75 Å². The number of ether oxygens (including phenoxy) is 1. The highest BCUT2D eigenvalue weighted by molar-refractivity contribution is 7.20. The number of nitrogens with one attached hydrogen (secondary N) is 1. The van der Waals surface area contributed by atoms with Crippen LogP contribution in [0.2, 0.25) is 0 Å². The molecule has 1 aromatic carbocycles. The molecule has 2 heterocycles. The van der Waals surface area contributed by atoms with Crippen LogP contribution in [-0.4, -0.2) is 17.5 Å². The van der Waals surface area contributed by atoms with E-state index in [2.05, 4.69) is 0 Å². The van der Waals surface area contributed by atoms with Gasteiger partial charge in [-0.05, 0) is 41.1 Å². The van der Waals surface area contributed by atoms with Crippen molar-refractivity contribution in [2.24, 2.45) is 5.73 Å². The number of aliphatic hydroxyl groups is 1. The Morgan fingerprint density at radius 2 is 2.19 bits per heavy atom. The van der Waals surface area contributed by atoms with Gasteiger partial charge in [0.05, 0.1) is 11.5 Å². The van der Waals surface area contributed by atoms with Crippen molar-refractivity contribution in [3.63, 3.8) is 0 Å². The molecule has 3 rings (SSSR count). The lowest BCUT2D eigenvalue weighted by atomic mass is 10.2. The van der Waals surface area contributed by atoms with Gasteiger partial charge in [-0.2, -0.15) is 0 Å². The van der Waals surface area contributed by atoms with E-state index in [-0.39, 0.29) is 18.5 Å². The quantitative estimate of drug-likeness (QED) is 0.498. The molecule has 0 saturated heterocycles. The maximum absolute atomic E-state index is 9.49. The van der Waals surface area contributed by atoms with Gasteiger partial charge in [0.1, 0.15) is 11.6 Å². The van der Waals surface area contributed by atoms with E-state index < -0.39 is 0 Å². The van der Waals surface area contributed by atoms with Crippen LogP contribution in [0.3, 0.4) is 0 Å². The minimum Gasteiger partial charge on any atom is -0.482 e. The second-order valence-electron chi connectivity index (χ2n) is 4.53. The van der Waals surface area contributed by atoms with E-state index in [1.807, 2.05) is 41.8 Å². The van der Waals surface area contributed by atoms with Gasteiger partial charge in [-0.3, -0.25) is 5.41 Å². The van der Waals surface area contributed by atoms with Crippen LogP contribution >= 0.6 is 22.7 Å². The Morgan fingerprint density at radius 3 is 2.86 bits per heavy atom. The summed E-state index contributed by atoms with van der Waals surface area (Å²) >= 11 is 3.02. The maximum Gasteiger partial charge on any atom is 0.156 e. The summed E-state index contributed by atoms with van der Waals surface area (Å²) < 4.78 is 6.88. The largest absolute Gasteiger partial charge is 0.482 e. The Balaban J connectivity index is 1.88. The van der Waals surface area contributed by atoms with Crippen molar-refractivity contribution in [1.29, 1.82) is 5.41 Å². The van der Waals surface area contributed by atoms with Gasteiger partial charge < -0.3 is 15.6 Å². The molecule has 0 aliphatic carbocycles. The number of nitrogen functional groups attached to an aromatic ring is 1. The van der Waals surface area contributed by atoms with Crippen LogP contribution in [0.1, 0.15) is 15.9 Å². The Labute approximate surface area is 129 Å². The van der Waals surface area contributed by atoms with Gasteiger partial charge in [-0.25, -0.2) is 0 Å². The van der Waals surface area contributed by atoms with Crippen molar-refractivity contribution in [1.82, 2.24) is 0 Å². The van der Waals surface area contributed by atoms with Crippen LogP contribution in [-0.2, 0) is 0 Å². The SMILES string of the molecule is N=C(N)c1cc2ccc(OC(CO)c3cccs3)cc2s1. The third-order valence-corrected chi connectivity index (χ3v) is 5.16. The van der Waals surface area contributed by atoms with Gasteiger partial charge in [0.2, 0.25) is 0 Å². The Kier molecular flexibility index (Phi) is 3.92. The first-order valence-electron chi connectivity index (χ1n) is 6.36. The van der Waals surface area contributed by atoms with E-state index in [9.17, 15) is 5.11 Å². The van der Waals surface area contributed by atoms with Crippen LogP contribution in [0.25, 0.3) is 10.1 Å². The topological polar surface area (TPSA) is 79.3 Å². The minimum atomic E-state index is -0.352. The van der Waals surface area contributed by atoms with Crippen LogP contribution in [0, 0.1) is 5.41 Å². The molecule has 6 heteroatoms. The lowest BCUT2D eigenvalue weighted by Gasteiger charge is -2.15. The molecule has 0 bridgehead atoms. The van der Waals surface area contributed by atoms with E-state index in [0.717, 1.165) is 19.8 Å². The third-order valence-electron chi connectivity index (χ3n) is 3.06. The summed E-state index contributed by atoms with van der Waals surface area (Å²) in [6.07, 6.45) is -0.352. The van der Waals surface area contributed by atoms with Gasteiger partial charge in [-0.1, -0.05) is 6.07 Å². The van der Waals surface area contributed by atoms with E-state index in [4.69, 9.17) is 15.9 Å². The highest BCUT2D eigenvalue weighted by atomic mass is 32.1. The molecule has 0 radical (unpaired) electrons. The molecular weight excluding hydrogens is 304 g/mol. The van der Waals surface area contributed by atoms with Gasteiger partial charge >= 0.3 is 0 Å². The van der Waals surface area contributed by atoms with E-state index in [1.165, 1.54) is 11.3 Å². The summed E-state index contributed by atoms with van der Waals surface area (Å²) in [6.45, 7) is -0.0678. The van der Waals surface area contributed by atoms with Crippen molar-refractivity contribution in [2.45, 2.75) is 6.10 Å². The van der Waals surface area contributed by atoms with E-state index in [1.54, 1.807) is 11.3 Å². The molecule has 0 spiro atoms. The normalized spacial score (nSPS) is 12.4. The summed E-state index contributed by atoms with van der Waals surface area (Å²) in [4.78, 5) is 1.74. The molecular formula is C15H14N2O2S2. The second kappa shape index (κ2) is 5.85. The zero-order valence-electron chi connectivity index (χ0n) is 11.1. The molecule has 4 N–H and O–H groups in total. The fraction of sp³-hybridized carbons (Fsp3) is 0.133. The van der Waals surface area contributed by atoms with Crippen molar-refractivity contribution in [3.8, 4) is 5.75 Å². The molecule has 1 unspecified atom stereocenters. The van der Waals surface area contributed by atoms with Gasteiger partial charge in [0.15, 0.2) is 6.10 Å². The van der Waals surface area contributed by atoms with Crippen molar-refractivity contribution >= 4 is 38.6 Å². The number of benzene rings is 1. The van der Waals surface area contributed by atoms with E-state index >= 15 is 0 Å². The molecule has 0 aliphatic rings. The third kappa shape index (κ3) is 2.92. The summed E-state index contributed by atoms with van der Waals surface area (Å²) in [5.41, 5.74) is 5.51. The first-order valence-corrected chi connectivity index (χ1v) is 8.06. The Morgan fingerprint density at radius 1 is 1.33 bits per heavy atom. The molecule has 21 heavy (non-hydrogen) atoms. The number of thiophene rings is 2. The second-order valence-corrected chi connectivity index (χ2v) is 6.59. The van der Waals surface area contributed by atoms with Crippen molar-refractivity contribution < 1.29 is 9.84 Å². The standard InChI is InChI=1S/C15H14N2O2S2/c16-15(17)14-6-9-3-4-10(7-13(9)21-14)19-11(8-18)12-2-1-5-20-12/h1-7,11,18H,8H2,(H3,16,17). The lowest BCUT2D eigenvalue weighted by molar-refractivity contribution is 0.119. The van der Waals surface area contributed by atoms with Crippen molar-refractivity contribution in [2.75, 3.05) is 6.61 Å². The number of amidine groups is 1. The maximum atomic E-state index is 9.49. The van der Waals surface area contributed by atoms with E-state index in [0.29, 0.717) is 5.75 Å². The van der Waals surface area contributed by atoms with Gasteiger partial charge in [0.25, 0.3) is 0 Å².